The van der Waals surface area contributed by atoms with Crippen molar-refractivity contribution in [1.82, 2.24) is 4.98 Å². The molecule has 0 fully saturated rings. The smallest absolute Gasteiger partial charge is 0.257 e. The number of aryl methyl sites for hydroxylation is 1. The topological polar surface area (TPSA) is 45.2 Å². The summed E-state index contributed by atoms with van der Waals surface area (Å²) in [7, 11) is 0. The van der Waals surface area contributed by atoms with Crippen molar-refractivity contribution in [3.8, 4) is 0 Å². The van der Waals surface area contributed by atoms with Crippen LogP contribution in [0.3, 0.4) is 0 Å². The van der Waals surface area contributed by atoms with Crippen molar-refractivity contribution >= 4 is 17.1 Å². The predicted molar refractivity (Wildman–Crippen MR) is 72.1 cm³/mol. The number of hydrogen-bond acceptors (Lipinski definition) is 2. The minimum absolute atomic E-state index is 0.0806. The van der Waals surface area contributed by atoms with Gasteiger partial charge >= 0.3 is 0 Å². The lowest BCUT2D eigenvalue weighted by molar-refractivity contribution is 0.936. The van der Waals surface area contributed by atoms with E-state index < -0.39 is 0 Å². The van der Waals surface area contributed by atoms with Crippen LogP contribution in [0, 0.1) is 6.92 Å². The van der Waals surface area contributed by atoms with Crippen molar-refractivity contribution in [2.45, 2.75) is 20.3 Å². The third-order valence-corrected chi connectivity index (χ3v) is 2.61. The van der Waals surface area contributed by atoms with Crippen LogP contribution in [-0.2, 0) is 0 Å². The minimum atomic E-state index is -0.0806. The summed E-state index contributed by atoms with van der Waals surface area (Å²) in [5.41, 5.74) is 2.56. The molecule has 0 unspecified atom stereocenters. The van der Waals surface area contributed by atoms with Gasteiger partial charge in [0.1, 0.15) is 0 Å². The molecule has 1 N–H and O–H groups in total. The second-order valence-electron chi connectivity index (χ2n) is 4.18. The summed E-state index contributed by atoms with van der Waals surface area (Å²) in [4.78, 5) is 18.9. The van der Waals surface area contributed by atoms with Gasteiger partial charge in [0, 0.05) is 18.3 Å². The minimum Gasteiger partial charge on any atom is -0.321 e. The third kappa shape index (κ3) is 2.61. The van der Waals surface area contributed by atoms with Crippen molar-refractivity contribution in [3.63, 3.8) is 0 Å². The number of pyridine rings is 1. The highest BCUT2D eigenvalue weighted by Gasteiger charge is 2.00. The van der Waals surface area contributed by atoms with Gasteiger partial charge in [0.15, 0.2) is 0 Å². The van der Waals surface area contributed by atoms with E-state index in [4.69, 9.17) is 0 Å². The van der Waals surface area contributed by atoms with E-state index in [0.29, 0.717) is 5.56 Å². The maximum atomic E-state index is 11.8. The number of fused-ring (bicyclic) bond motifs is 1. The third-order valence-electron chi connectivity index (χ3n) is 2.61. The summed E-state index contributed by atoms with van der Waals surface area (Å²) in [6.07, 6.45) is 2.64. The van der Waals surface area contributed by atoms with Crippen LogP contribution in [0.1, 0.15) is 24.5 Å². The van der Waals surface area contributed by atoms with Gasteiger partial charge in [-0.2, -0.15) is 0 Å². The molecular weight excluding hydrogens is 212 g/mol. The molecule has 1 heterocycles. The molecule has 3 nitrogen and oxygen atoms in total. The lowest BCUT2D eigenvalue weighted by atomic mass is 10.1. The zero-order valence-electron chi connectivity index (χ0n) is 10.2. The molecule has 0 aliphatic carbocycles. The number of benzene rings is 1. The Morgan fingerprint density at radius 3 is 2.94 bits per heavy atom. The number of nitrogens with one attached hydrogen (secondary N) is 1. The van der Waals surface area contributed by atoms with Crippen LogP contribution >= 0.6 is 0 Å². The molecule has 0 spiro atoms. The fourth-order valence-electron chi connectivity index (χ4n) is 1.72. The van der Waals surface area contributed by atoms with Crippen LogP contribution in [0.25, 0.3) is 10.9 Å². The van der Waals surface area contributed by atoms with Gasteiger partial charge in [-0.15, -0.1) is 0 Å². The van der Waals surface area contributed by atoms with Gasteiger partial charge in [-0.3, -0.25) is 9.79 Å². The van der Waals surface area contributed by atoms with E-state index in [2.05, 4.69) is 16.9 Å². The molecule has 0 bridgehead atoms. The summed E-state index contributed by atoms with van der Waals surface area (Å²) in [6, 6.07) is 7.90. The van der Waals surface area contributed by atoms with E-state index in [1.165, 1.54) is 0 Å². The average Bonchev–Trinajstić information content (AvgIpc) is 2.30. The molecule has 1 aromatic heterocycles. The second-order valence-corrected chi connectivity index (χ2v) is 4.18. The first-order valence-corrected chi connectivity index (χ1v) is 5.84. The highest BCUT2D eigenvalue weighted by atomic mass is 16.1. The van der Waals surface area contributed by atoms with Gasteiger partial charge in [0.05, 0.1) is 5.56 Å². The number of H-pyrrole nitrogens is 1. The first-order valence-electron chi connectivity index (χ1n) is 5.84. The maximum Gasteiger partial charge on any atom is 0.257 e. The Bertz CT molecular complexity index is 611. The molecule has 2 rings (SSSR count). The normalized spacial score (nSPS) is 11.4. The van der Waals surface area contributed by atoms with E-state index >= 15 is 0 Å². The molecule has 88 valence electrons. The van der Waals surface area contributed by atoms with Gasteiger partial charge in [0.2, 0.25) is 0 Å². The quantitative estimate of drug-likeness (QED) is 0.806. The fourth-order valence-corrected chi connectivity index (χ4v) is 1.72. The molecule has 17 heavy (non-hydrogen) atoms. The lowest BCUT2D eigenvalue weighted by Crippen LogP contribution is -2.11. The van der Waals surface area contributed by atoms with Gasteiger partial charge in [0.25, 0.3) is 5.56 Å². The molecule has 1 aromatic carbocycles. The zero-order chi connectivity index (χ0) is 12.3. The standard InChI is InChI=1S/C14H16N2O/c1-3-6-15-9-12-8-11-5-4-10(2)7-13(11)16-14(12)17/h4-5,7-9H,3,6H2,1-2H3,(H,16,17). The Hall–Kier alpha value is -1.90. The maximum absolute atomic E-state index is 11.8. The largest absolute Gasteiger partial charge is 0.321 e. The number of nitrogens with zero attached hydrogens (tertiary/aromatic N) is 1. The highest BCUT2D eigenvalue weighted by molar-refractivity contribution is 5.87. The van der Waals surface area contributed by atoms with Crippen LogP contribution in [0.4, 0.5) is 0 Å². The van der Waals surface area contributed by atoms with Gasteiger partial charge in [-0.25, -0.2) is 0 Å². The summed E-state index contributed by atoms with van der Waals surface area (Å²) < 4.78 is 0. The van der Waals surface area contributed by atoms with Gasteiger partial charge in [-0.05, 0) is 36.4 Å². The number of hydrogen-bond donors (Lipinski definition) is 1. The molecule has 0 aliphatic heterocycles. The molecule has 2 aromatic rings. The summed E-state index contributed by atoms with van der Waals surface area (Å²) >= 11 is 0. The van der Waals surface area contributed by atoms with E-state index in [0.717, 1.165) is 29.4 Å². The molecule has 0 saturated heterocycles. The molecular formula is C14H16N2O. The van der Waals surface area contributed by atoms with Crippen LogP contribution in [0.5, 0.6) is 0 Å². The Labute approximate surface area is 100 Å². The van der Waals surface area contributed by atoms with Crippen LogP contribution in [-0.4, -0.2) is 17.7 Å². The lowest BCUT2D eigenvalue weighted by Gasteiger charge is -2.00. The highest BCUT2D eigenvalue weighted by Crippen LogP contribution is 2.12. The number of rotatable bonds is 3. The summed E-state index contributed by atoms with van der Waals surface area (Å²) in [6.45, 7) is 4.82. The SMILES string of the molecule is CCCN=Cc1cc2ccc(C)cc2[nH]c1=O. The first-order chi connectivity index (χ1) is 8.20. The molecule has 0 amide bonds. The van der Waals surface area contributed by atoms with Gasteiger partial charge < -0.3 is 4.98 Å². The second kappa shape index (κ2) is 4.95. The van der Waals surface area contributed by atoms with E-state index in [1.807, 2.05) is 31.2 Å². The number of aliphatic imine (C=N–C) groups is 1. The number of aromatic amines is 1. The Morgan fingerprint density at radius 2 is 2.18 bits per heavy atom. The van der Waals surface area contributed by atoms with Gasteiger partial charge in [-0.1, -0.05) is 19.1 Å². The van der Waals surface area contributed by atoms with Crippen molar-refractivity contribution in [2.75, 3.05) is 6.54 Å². The van der Waals surface area contributed by atoms with E-state index in [9.17, 15) is 4.79 Å². The van der Waals surface area contributed by atoms with Crippen molar-refractivity contribution in [3.05, 3.63) is 45.7 Å². The Kier molecular flexibility index (Phi) is 3.38. The molecule has 0 radical (unpaired) electrons. The molecule has 0 saturated carbocycles. The number of aromatic nitrogens is 1. The average molecular weight is 228 g/mol. The summed E-state index contributed by atoms with van der Waals surface area (Å²) in [5.74, 6) is 0. The molecule has 0 aliphatic rings. The van der Waals surface area contributed by atoms with E-state index in [-0.39, 0.29) is 5.56 Å². The van der Waals surface area contributed by atoms with Crippen LogP contribution in [0.2, 0.25) is 0 Å². The molecule has 3 heteroatoms. The fraction of sp³-hybridized carbons (Fsp3) is 0.286. The van der Waals surface area contributed by atoms with Crippen LogP contribution < -0.4 is 5.56 Å². The van der Waals surface area contributed by atoms with Crippen molar-refractivity contribution < 1.29 is 0 Å². The summed E-state index contributed by atoms with van der Waals surface area (Å²) in [5, 5.41) is 1.04. The van der Waals surface area contributed by atoms with Crippen LogP contribution in [0.15, 0.2) is 34.1 Å². The van der Waals surface area contributed by atoms with Crippen molar-refractivity contribution in [2.24, 2.45) is 4.99 Å². The van der Waals surface area contributed by atoms with Crippen molar-refractivity contribution in [1.29, 1.82) is 0 Å². The van der Waals surface area contributed by atoms with E-state index in [1.54, 1.807) is 6.21 Å². The Morgan fingerprint density at radius 1 is 1.35 bits per heavy atom. The predicted octanol–water partition coefficient (Wildman–Crippen LogP) is 2.67. The zero-order valence-corrected chi connectivity index (χ0v) is 10.2. The Balaban J connectivity index is 2.48. The first kappa shape index (κ1) is 11.6. The monoisotopic (exact) mass is 228 g/mol. The molecule has 0 atom stereocenters.